The number of nitrogens with one attached hydrogen (secondary N) is 1. The van der Waals surface area contributed by atoms with Gasteiger partial charge in [0.2, 0.25) is 0 Å². The van der Waals surface area contributed by atoms with Gasteiger partial charge in [0.05, 0.1) is 19.3 Å². The number of carbonyl (C=O) groups excluding carboxylic acids is 2. The van der Waals surface area contributed by atoms with Crippen molar-refractivity contribution in [1.29, 1.82) is 0 Å². The fourth-order valence-corrected chi connectivity index (χ4v) is 3.68. The number of benzene rings is 2. The second-order valence-corrected chi connectivity index (χ2v) is 9.99. The minimum Gasteiger partial charge on any atom is -0.444 e. The Kier molecular flexibility index (Phi) is 8.13. The molecule has 1 heterocycles. The molecule has 184 valence electrons. The van der Waals surface area contributed by atoms with E-state index in [9.17, 15) is 9.59 Å². The molecule has 1 fully saturated rings. The third-order valence-electron chi connectivity index (χ3n) is 5.31. The standard InChI is InChI=1S/C27H35NO6/c1-18-12-14-20(15-13-18)23(29)24(31-16-19-10-8-7-9-11-19)22(21-17-32-27(5,6)33-21)28-25(30)34-26(2,3)4/h7-15,21-22,24H,16-17H2,1-6H3,(H,28,30)/t21-,22+,24-/m1/s1. The number of hydrogen-bond donors (Lipinski definition) is 1. The number of alkyl carbamates (subject to hydrolysis) is 1. The van der Waals surface area contributed by atoms with Gasteiger partial charge in [0.1, 0.15) is 17.8 Å². The second-order valence-electron chi connectivity index (χ2n) is 9.99. The van der Waals surface area contributed by atoms with Gasteiger partial charge >= 0.3 is 6.09 Å². The fraction of sp³-hybridized carbons (Fsp3) is 0.481. The summed E-state index contributed by atoms with van der Waals surface area (Å²) in [6.45, 7) is 11.3. The van der Waals surface area contributed by atoms with Crippen LogP contribution in [0.3, 0.4) is 0 Å². The third-order valence-corrected chi connectivity index (χ3v) is 5.31. The Morgan fingerprint density at radius 1 is 1.09 bits per heavy atom. The van der Waals surface area contributed by atoms with Gasteiger partial charge in [-0.05, 0) is 47.1 Å². The maximum Gasteiger partial charge on any atom is 0.408 e. The minimum atomic E-state index is -1.03. The van der Waals surface area contributed by atoms with Gasteiger partial charge in [-0.15, -0.1) is 0 Å². The predicted molar refractivity (Wildman–Crippen MR) is 129 cm³/mol. The number of ether oxygens (including phenoxy) is 4. The van der Waals surface area contributed by atoms with Crippen molar-refractivity contribution in [3.8, 4) is 0 Å². The molecule has 1 N–H and O–H groups in total. The molecule has 34 heavy (non-hydrogen) atoms. The van der Waals surface area contributed by atoms with Crippen LogP contribution in [-0.4, -0.2) is 48.1 Å². The largest absolute Gasteiger partial charge is 0.444 e. The molecule has 2 aromatic rings. The van der Waals surface area contributed by atoms with Crippen LogP contribution in [0.5, 0.6) is 0 Å². The van der Waals surface area contributed by atoms with E-state index in [4.69, 9.17) is 18.9 Å². The molecule has 0 saturated carbocycles. The van der Waals surface area contributed by atoms with Gasteiger partial charge in [-0.2, -0.15) is 0 Å². The van der Waals surface area contributed by atoms with E-state index in [1.807, 2.05) is 49.4 Å². The van der Waals surface area contributed by atoms with E-state index < -0.39 is 35.7 Å². The Morgan fingerprint density at radius 3 is 2.29 bits per heavy atom. The van der Waals surface area contributed by atoms with Crippen LogP contribution in [0.4, 0.5) is 4.79 Å². The van der Waals surface area contributed by atoms with Crippen molar-refractivity contribution in [3.63, 3.8) is 0 Å². The van der Waals surface area contributed by atoms with Crippen molar-refractivity contribution in [1.82, 2.24) is 5.32 Å². The molecule has 3 atom stereocenters. The first-order chi connectivity index (χ1) is 15.9. The molecule has 1 aliphatic heterocycles. The van der Waals surface area contributed by atoms with Crippen LogP contribution in [-0.2, 0) is 25.6 Å². The van der Waals surface area contributed by atoms with Crippen molar-refractivity contribution in [2.24, 2.45) is 0 Å². The van der Waals surface area contributed by atoms with E-state index in [1.165, 1.54) is 0 Å². The molecule has 1 amide bonds. The second kappa shape index (κ2) is 10.7. The number of carbonyl (C=O) groups is 2. The van der Waals surface area contributed by atoms with Gasteiger partial charge in [-0.1, -0.05) is 60.2 Å². The molecule has 3 rings (SSSR count). The van der Waals surface area contributed by atoms with Crippen molar-refractivity contribution < 1.29 is 28.5 Å². The molecule has 7 heteroatoms. The molecule has 0 unspecified atom stereocenters. The van der Waals surface area contributed by atoms with Crippen LogP contribution in [0, 0.1) is 6.92 Å². The van der Waals surface area contributed by atoms with Crippen LogP contribution in [0.15, 0.2) is 54.6 Å². The molecule has 2 aromatic carbocycles. The van der Waals surface area contributed by atoms with Gasteiger partial charge in [0, 0.05) is 5.56 Å². The zero-order valence-electron chi connectivity index (χ0n) is 20.8. The van der Waals surface area contributed by atoms with Crippen molar-refractivity contribution >= 4 is 11.9 Å². The first-order valence-corrected chi connectivity index (χ1v) is 11.5. The first kappa shape index (κ1) is 25.9. The van der Waals surface area contributed by atoms with Crippen LogP contribution in [0.25, 0.3) is 0 Å². The van der Waals surface area contributed by atoms with E-state index >= 15 is 0 Å². The van der Waals surface area contributed by atoms with Crippen LogP contribution >= 0.6 is 0 Å². The van der Waals surface area contributed by atoms with E-state index in [0.29, 0.717) is 5.56 Å². The maximum atomic E-state index is 13.7. The Labute approximate surface area is 201 Å². The Morgan fingerprint density at radius 2 is 1.74 bits per heavy atom. The number of aryl methyl sites for hydroxylation is 1. The summed E-state index contributed by atoms with van der Waals surface area (Å²) in [5, 5.41) is 2.84. The highest BCUT2D eigenvalue weighted by Gasteiger charge is 2.45. The first-order valence-electron chi connectivity index (χ1n) is 11.5. The molecular formula is C27H35NO6. The lowest BCUT2D eigenvalue weighted by Gasteiger charge is -2.32. The minimum absolute atomic E-state index is 0.187. The zero-order valence-corrected chi connectivity index (χ0v) is 20.8. The van der Waals surface area contributed by atoms with Crippen molar-refractivity contribution in [3.05, 3.63) is 71.3 Å². The fourth-order valence-electron chi connectivity index (χ4n) is 3.68. The summed E-state index contributed by atoms with van der Waals surface area (Å²) in [7, 11) is 0. The number of amides is 1. The predicted octanol–water partition coefficient (Wildman–Crippen LogP) is 4.81. The Hall–Kier alpha value is -2.74. The summed E-state index contributed by atoms with van der Waals surface area (Å²) in [6, 6.07) is 16.0. The highest BCUT2D eigenvalue weighted by atomic mass is 16.7. The van der Waals surface area contributed by atoms with Gasteiger partial charge < -0.3 is 24.3 Å². The molecule has 1 aliphatic rings. The number of hydrogen-bond acceptors (Lipinski definition) is 6. The molecule has 0 radical (unpaired) electrons. The summed E-state index contributed by atoms with van der Waals surface area (Å²) in [4.78, 5) is 26.5. The number of Topliss-reactive ketones (excluding diaryl/α,β-unsaturated/α-hetero) is 1. The van der Waals surface area contributed by atoms with E-state index in [-0.39, 0.29) is 19.0 Å². The summed E-state index contributed by atoms with van der Waals surface area (Å²) in [6.07, 6.45) is -2.30. The van der Waals surface area contributed by atoms with E-state index in [2.05, 4.69) is 5.32 Å². The lowest BCUT2D eigenvalue weighted by Crippen LogP contribution is -2.56. The SMILES string of the molecule is Cc1ccc(C(=O)[C@H](OCc2ccccc2)[C@@H](NC(=O)OC(C)(C)C)[C@H]2COC(C)(C)O2)cc1. The monoisotopic (exact) mass is 469 g/mol. The van der Waals surface area contributed by atoms with Gasteiger partial charge in [-0.3, -0.25) is 4.79 Å². The highest BCUT2D eigenvalue weighted by molar-refractivity contribution is 6.00. The van der Waals surface area contributed by atoms with E-state index in [0.717, 1.165) is 11.1 Å². The lowest BCUT2D eigenvalue weighted by molar-refractivity contribution is -0.146. The third kappa shape index (κ3) is 7.38. The molecule has 0 aromatic heterocycles. The zero-order chi connectivity index (χ0) is 24.9. The smallest absolute Gasteiger partial charge is 0.408 e. The summed E-state index contributed by atoms with van der Waals surface area (Å²) < 4.78 is 23.5. The van der Waals surface area contributed by atoms with Crippen LogP contribution in [0.2, 0.25) is 0 Å². The number of ketones is 1. The number of rotatable bonds is 8. The Bertz CT molecular complexity index is 965. The molecule has 0 spiro atoms. The van der Waals surface area contributed by atoms with Crippen molar-refractivity contribution in [2.45, 2.75) is 77.8 Å². The summed E-state index contributed by atoms with van der Waals surface area (Å²) in [5.41, 5.74) is 1.72. The van der Waals surface area contributed by atoms with Crippen LogP contribution in [0.1, 0.15) is 56.1 Å². The lowest BCUT2D eigenvalue weighted by atomic mass is 9.96. The van der Waals surface area contributed by atoms with Crippen LogP contribution < -0.4 is 5.32 Å². The van der Waals surface area contributed by atoms with Gasteiger partial charge in [-0.25, -0.2) is 4.79 Å². The van der Waals surface area contributed by atoms with Gasteiger partial charge in [0.15, 0.2) is 11.6 Å². The molecule has 0 aliphatic carbocycles. The average Bonchev–Trinajstić information content (AvgIpc) is 3.12. The molecule has 1 saturated heterocycles. The van der Waals surface area contributed by atoms with Crippen molar-refractivity contribution in [2.75, 3.05) is 6.61 Å². The van der Waals surface area contributed by atoms with Gasteiger partial charge in [0.25, 0.3) is 0 Å². The summed E-state index contributed by atoms with van der Waals surface area (Å²) in [5.74, 6) is -1.11. The Balaban J connectivity index is 1.93. The normalized spacial score (nSPS) is 19.3. The highest BCUT2D eigenvalue weighted by Crippen LogP contribution is 2.28. The average molecular weight is 470 g/mol. The summed E-state index contributed by atoms with van der Waals surface area (Å²) >= 11 is 0. The maximum absolute atomic E-state index is 13.7. The quantitative estimate of drug-likeness (QED) is 0.559. The van der Waals surface area contributed by atoms with E-state index in [1.54, 1.807) is 46.8 Å². The molecule has 0 bridgehead atoms. The molecular weight excluding hydrogens is 434 g/mol. The molecule has 7 nitrogen and oxygen atoms in total. The topological polar surface area (TPSA) is 83.1 Å².